The number of nitrogens with two attached hydrogens (primary N) is 1. The van der Waals surface area contributed by atoms with Crippen molar-refractivity contribution < 1.29 is 0 Å². The highest BCUT2D eigenvalue weighted by Crippen LogP contribution is 2.23. The molecule has 0 spiro atoms. The molecule has 0 amide bonds. The molecule has 0 aromatic heterocycles. The standard InChI is InChI=1S/C15H12N4/c16-8-12-6-14(18)15(7-13(12)9-17)19-10-11-4-2-1-3-5-11/h1-7,19H,10,18H2. The fourth-order valence-corrected chi connectivity index (χ4v) is 1.75. The van der Waals surface area contributed by atoms with Crippen LogP contribution in [0.4, 0.5) is 11.4 Å². The maximum absolute atomic E-state index is 8.98. The van der Waals surface area contributed by atoms with Gasteiger partial charge in [0, 0.05) is 6.54 Å². The number of rotatable bonds is 3. The predicted octanol–water partition coefficient (Wildman–Crippen LogP) is 2.62. The zero-order valence-electron chi connectivity index (χ0n) is 10.2. The fourth-order valence-electron chi connectivity index (χ4n) is 1.75. The van der Waals surface area contributed by atoms with Crippen LogP contribution in [-0.4, -0.2) is 0 Å². The quantitative estimate of drug-likeness (QED) is 0.817. The molecule has 0 saturated heterocycles. The molecule has 2 aromatic rings. The molecular weight excluding hydrogens is 236 g/mol. The first kappa shape index (κ1) is 12.5. The average Bonchev–Trinajstić information content (AvgIpc) is 2.46. The van der Waals surface area contributed by atoms with E-state index >= 15 is 0 Å². The maximum Gasteiger partial charge on any atom is 0.101 e. The van der Waals surface area contributed by atoms with Crippen molar-refractivity contribution in [2.24, 2.45) is 0 Å². The van der Waals surface area contributed by atoms with Gasteiger partial charge in [0.25, 0.3) is 0 Å². The first-order valence-corrected chi connectivity index (χ1v) is 5.76. The monoisotopic (exact) mass is 248 g/mol. The minimum Gasteiger partial charge on any atom is -0.397 e. The highest BCUT2D eigenvalue weighted by molar-refractivity contribution is 5.72. The van der Waals surface area contributed by atoms with Gasteiger partial charge in [-0.3, -0.25) is 0 Å². The van der Waals surface area contributed by atoms with Crippen molar-refractivity contribution in [2.45, 2.75) is 6.54 Å². The summed E-state index contributed by atoms with van der Waals surface area (Å²) in [5, 5.41) is 21.0. The summed E-state index contributed by atoms with van der Waals surface area (Å²) in [7, 11) is 0. The Labute approximate surface area is 111 Å². The number of hydrogen-bond donors (Lipinski definition) is 2. The molecule has 19 heavy (non-hydrogen) atoms. The van der Waals surface area contributed by atoms with Gasteiger partial charge in [-0.05, 0) is 17.7 Å². The molecule has 0 radical (unpaired) electrons. The molecule has 4 nitrogen and oxygen atoms in total. The molecule has 0 aliphatic carbocycles. The van der Waals surface area contributed by atoms with E-state index in [-0.39, 0.29) is 0 Å². The molecule has 0 unspecified atom stereocenters. The summed E-state index contributed by atoms with van der Waals surface area (Å²) in [5.41, 5.74) is 8.73. The zero-order chi connectivity index (χ0) is 13.7. The number of nitriles is 2. The van der Waals surface area contributed by atoms with E-state index in [1.54, 1.807) is 6.07 Å². The van der Waals surface area contributed by atoms with Crippen LogP contribution in [-0.2, 0) is 6.54 Å². The van der Waals surface area contributed by atoms with E-state index in [4.69, 9.17) is 16.3 Å². The maximum atomic E-state index is 8.98. The zero-order valence-corrected chi connectivity index (χ0v) is 10.2. The first-order valence-electron chi connectivity index (χ1n) is 5.76. The van der Waals surface area contributed by atoms with Gasteiger partial charge >= 0.3 is 0 Å². The molecule has 0 atom stereocenters. The Morgan fingerprint density at radius 1 is 1.00 bits per heavy atom. The van der Waals surface area contributed by atoms with E-state index in [0.29, 0.717) is 29.0 Å². The number of nitrogens with one attached hydrogen (secondary N) is 1. The lowest BCUT2D eigenvalue weighted by Crippen LogP contribution is -2.03. The van der Waals surface area contributed by atoms with E-state index in [1.807, 2.05) is 42.5 Å². The molecule has 0 saturated carbocycles. The summed E-state index contributed by atoms with van der Waals surface area (Å²) in [6.45, 7) is 0.613. The van der Waals surface area contributed by atoms with Gasteiger partial charge in [0.15, 0.2) is 0 Å². The summed E-state index contributed by atoms with van der Waals surface area (Å²) in [4.78, 5) is 0. The van der Waals surface area contributed by atoms with Crippen LogP contribution in [0, 0.1) is 22.7 Å². The molecule has 2 aromatic carbocycles. The number of anilines is 2. The van der Waals surface area contributed by atoms with Crippen molar-refractivity contribution in [2.75, 3.05) is 11.1 Å². The Hall–Kier alpha value is -2.98. The molecule has 0 aliphatic rings. The molecule has 4 heteroatoms. The molecule has 0 aliphatic heterocycles. The Morgan fingerprint density at radius 2 is 1.63 bits per heavy atom. The first-order chi connectivity index (χ1) is 9.24. The van der Waals surface area contributed by atoms with Crippen molar-refractivity contribution in [3.63, 3.8) is 0 Å². The molecule has 2 rings (SSSR count). The second-order valence-electron chi connectivity index (χ2n) is 4.05. The van der Waals surface area contributed by atoms with Gasteiger partial charge in [0.05, 0.1) is 22.5 Å². The molecular formula is C15H12N4. The lowest BCUT2D eigenvalue weighted by Gasteiger charge is -2.10. The average molecular weight is 248 g/mol. The third kappa shape index (κ3) is 2.83. The van der Waals surface area contributed by atoms with Crippen LogP contribution >= 0.6 is 0 Å². The minimum absolute atomic E-state index is 0.297. The van der Waals surface area contributed by atoms with E-state index in [2.05, 4.69) is 5.32 Å². The van der Waals surface area contributed by atoms with Gasteiger partial charge in [-0.2, -0.15) is 10.5 Å². The summed E-state index contributed by atoms with van der Waals surface area (Å²) in [6.07, 6.45) is 0. The van der Waals surface area contributed by atoms with Gasteiger partial charge in [0.2, 0.25) is 0 Å². The highest BCUT2D eigenvalue weighted by atomic mass is 14.9. The molecule has 0 fully saturated rings. The van der Waals surface area contributed by atoms with Gasteiger partial charge < -0.3 is 11.1 Å². The Kier molecular flexibility index (Phi) is 3.66. The number of nitrogens with zero attached hydrogens (tertiary/aromatic N) is 2. The molecule has 92 valence electrons. The van der Waals surface area contributed by atoms with Crippen LogP contribution in [0.1, 0.15) is 16.7 Å². The van der Waals surface area contributed by atoms with Crippen LogP contribution in [0.25, 0.3) is 0 Å². The fraction of sp³-hybridized carbons (Fsp3) is 0.0667. The second kappa shape index (κ2) is 5.57. The van der Waals surface area contributed by atoms with Crippen molar-refractivity contribution in [3.05, 3.63) is 59.2 Å². The highest BCUT2D eigenvalue weighted by Gasteiger charge is 2.07. The minimum atomic E-state index is 0.297. The molecule has 0 heterocycles. The van der Waals surface area contributed by atoms with E-state index < -0.39 is 0 Å². The predicted molar refractivity (Wildman–Crippen MR) is 74.1 cm³/mol. The van der Waals surface area contributed by atoms with Crippen LogP contribution < -0.4 is 11.1 Å². The smallest absolute Gasteiger partial charge is 0.101 e. The Bertz CT molecular complexity index is 663. The normalized spacial score (nSPS) is 9.37. The summed E-state index contributed by atoms with van der Waals surface area (Å²) < 4.78 is 0. The van der Waals surface area contributed by atoms with E-state index in [0.717, 1.165) is 5.56 Å². The van der Waals surface area contributed by atoms with Crippen LogP contribution in [0.2, 0.25) is 0 Å². The SMILES string of the molecule is N#Cc1cc(N)c(NCc2ccccc2)cc1C#N. The second-order valence-corrected chi connectivity index (χ2v) is 4.05. The van der Waals surface area contributed by atoms with Gasteiger partial charge in [0.1, 0.15) is 12.1 Å². The lowest BCUT2D eigenvalue weighted by molar-refractivity contribution is 1.15. The van der Waals surface area contributed by atoms with Gasteiger partial charge in [-0.25, -0.2) is 0 Å². The van der Waals surface area contributed by atoms with Crippen LogP contribution in [0.15, 0.2) is 42.5 Å². The molecule has 0 bridgehead atoms. The van der Waals surface area contributed by atoms with Crippen LogP contribution in [0.5, 0.6) is 0 Å². The van der Waals surface area contributed by atoms with Crippen LogP contribution in [0.3, 0.4) is 0 Å². The van der Waals surface area contributed by atoms with Crippen molar-refractivity contribution in [3.8, 4) is 12.1 Å². The third-order valence-corrected chi connectivity index (χ3v) is 2.76. The van der Waals surface area contributed by atoms with E-state index in [1.165, 1.54) is 6.07 Å². The number of hydrogen-bond acceptors (Lipinski definition) is 4. The largest absolute Gasteiger partial charge is 0.397 e. The summed E-state index contributed by atoms with van der Waals surface area (Å²) in [5.74, 6) is 0. The molecule has 3 N–H and O–H groups in total. The van der Waals surface area contributed by atoms with E-state index in [9.17, 15) is 0 Å². The number of benzene rings is 2. The Balaban J connectivity index is 2.22. The van der Waals surface area contributed by atoms with Crippen molar-refractivity contribution in [1.82, 2.24) is 0 Å². The topological polar surface area (TPSA) is 85.6 Å². The van der Waals surface area contributed by atoms with Crippen molar-refractivity contribution in [1.29, 1.82) is 10.5 Å². The van der Waals surface area contributed by atoms with Gasteiger partial charge in [-0.15, -0.1) is 0 Å². The van der Waals surface area contributed by atoms with Crippen molar-refractivity contribution >= 4 is 11.4 Å². The Morgan fingerprint density at radius 3 is 2.26 bits per heavy atom. The van der Waals surface area contributed by atoms with Gasteiger partial charge in [-0.1, -0.05) is 30.3 Å². The third-order valence-electron chi connectivity index (χ3n) is 2.76. The summed E-state index contributed by atoms with van der Waals surface area (Å²) >= 11 is 0. The lowest BCUT2D eigenvalue weighted by atomic mass is 10.1. The number of nitrogen functional groups attached to an aromatic ring is 1. The summed E-state index contributed by atoms with van der Waals surface area (Å²) in [6, 6.07) is 16.9.